The highest BCUT2D eigenvalue weighted by molar-refractivity contribution is 7.17. The summed E-state index contributed by atoms with van der Waals surface area (Å²) in [5, 5.41) is 3.36. The van der Waals surface area contributed by atoms with E-state index in [9.17, 15) is 9.59 Å². The molecule has 0 bridgehead atoms. The summed E-state index contributed by atoms with van der Waals surface area (Å²) >= 11 is 1.47. The van der Waals surface area contributed by atoms with Gasteiger partial charge in [0.05, 0.1) is 11.8 Å². The lowest BCUT2D eigenvalue weighted by Gasteiger charge is -2.33. The number of furan rings is 1. The van der Waals surface area contributed by atoms with Crippen LogP contribution < -0.4 is 11.1 Å². The van der Waals surface area contributed by atoms with Gasteiger partial charge in [0.25, 0.3) is 5.91 Å². The molecule has 6 heteroatoms. The minimum atomic E-state index is -0.484. The van der Waals surface area contributed by atoms with Gasteiger partial charge in [-0.15, -0.1) is 11.3 Å². The zero-order valence-electron chi connectivity index (χ0n) is 15.3. The molecule has 2 aromatic heterocycles. The number of anilines is 1. The van der Waals surface area contributed by atoms with Crippen molar-refractivity contribution in [3.63, 3.8) is 0 Å². The molecule has 0 fully saturated rings. The first-order valence-corrected chi connectivity index (χ1v) is 9.54. The Labute approximate surface area is 157 Å². The van der Waals surface area contributed by atoms with Crippen LogP contribution in [0.1, 0.15) is 53.8 Å². The normalized spacial score (nSPS) is 17.3. The van der Waals surface area contributed by atoms with E-state index in [4.69, 9.17) is 10.2 Å². The van der Waals surface area contributed by atoms with Crippen LogP contribution in [0.2, 0.25) is 0 Å². The van der Waals surface area contributed by atoms with Crippen LogP contribution in [0.25, 0.3) is 6.08 Å². The van der Waals surface area contributed by atoms with Gasteiger partial charge < -0.3 is 15.5 Å². The zero-order valence-corrected chi connectivity index (χ0v) is 16.1. The molecule has 0 aliphatic heterocycles. The molecule has 1 aliphatic carbocycles. The number of amides is 2. The van der Waals surface area contributed by atoms with Crippen molar-refractivity contribution in [2.45, 2.75) is 40.0 Å². The summed E-state index contributed by atoms with van der Waals surface area (Å²) < 4.78 is 5.17. The molecular weight excluding hydrogens is 348 g/mol. The maximum atomic E-state index is 12.2. The number of thiophene rings is 1. The van der Waals surface area contributed by atoms with Crippen molar-refractivity contribution in [3.05, 3.63) is 46.2 Å². The van der Waals surface area contributed by atoms with E-state index in [1.807, 2.05) is 0 Å². The molecule has 2 heterocycles. The Hall–Kier alpha value is -2.34. The van der Waals surface area contributed by atoms with Crippen LogP contribution in [0, 0.1) is 11.3 Å². The highest BCUT2D eigenvalue weighted by Crippen LogP contribution is 2.44. The van der Waals surface area contributed by atoms with E-state index in [0.717, 1.165) is 29.7 Å². The van der Waals surface area contributed by atoms with Crippen LogP contribution in [-0.2, 0) is 17.6 Å². The molecule has 1 atom stereocenters. The Bertz CT molecular complexity index is 841. The quantitative estimate of drug-likeness (QED) is 0.787. The van der Waals surface area contributed by atoms with Gasteiger partial charge >= 0.3 is 0 Å². The third-order valence-corrected chi connectivity index (χ3v) is 6.09. The Morgan fingerprint density at radius 2 is 2.15 bits per heavy atom. The Morgan fingerprint density at radius 1 is 1.38 bits per heavy atom. The first kappa shape index (κ1) is 18.5. The molecule has 1 unspecified atom stereocenters. The van der Waals surface area contributed by atoms with Gasteiger partial charge in [-0.3, -0.25) is 9.59 Å². The molecule has 0 aromatic carbocycles. The van der Waals surface area contributed by atoms with E-state index < -0.39 is 5.91 Å². The van der Waals surface area contributed by atoms with Crippen LogP contribution in [0.3, 0.4) is 0 Å². The number of primary amides is 1. The van der Waals surface area contributed by atoms with Crippen molar-refractivity contribution in [2.24, 2.45) is 17.1 Å². The van der Waals surface area contributed by atoms with Gasteiger partial charge in [0.1, 0.15) is 10.8 Å². The third kappa shape index (κ3) is 3.90. The Morgan fingerprint density at radius 3 is 2.77 bits per heavy atom. The summed E-state index contributed by atoms with van der Waals surface area (Å²) in [6.45, 7) is 6.73. The maximum absolute atomic E-state index is 12.2. The van der Waals surface area contributed by atoms with E-state index in [1.165, 1.54) is 17.4 Å². The van der Waals surface area contributed by atoms with E-state index >= 15 is 0 Å². The van der Waals surface area contributed by atoms with E-state index in [2.05, 4.69) is 26.1 Å². The van der Waals surface area contributed by atoms with E-state index in [1.54, 1.807) is 24.5 Å². The molecule has 0 saturated carbocycles. The van der Waals surface area contributed by atoms with Gasteiger partial charge in [-0.1, -0.05) is 20.8 Å². The van der Waals surface area contributed by atoms with Crippen molar-refractivity contribution in [3.8, 4) is 0 Å². The maximum Gasteiger partial charge on any atom is 0.251 e. The highest BCUT2D eigenvalue weighted by Gasteiger charge is 2.33. The number of hydrogen-bond donors (Lipinski definition) is 2. The number of carbonyl (C=O) groups excluding carboxylic acids is 2. The molecule has 0 spiro atoms. The van der Waals surface area contributed by atoms with Crippen LogP contribution in [-0.4, -0.2) is 11.8 Å². The SMILES string of the molecule is CC(C)(C)C1CCc2c(sc(NC(=O)C=Cc3ccco3)c2C(N)=O)C1. The lowest BCUT2D eigenvalue weighted by molar-refractivity contribution is -0.111. The largest absolute Gasteiger partial charge is 0.465 e. The number of carbonyl (C=O) groups is 2. The Balaban J connectivity index is 1.83. The highest BCUT2D eigenvalue weighted by atomic mass is 32.1. The molecule has 2 amide bonds. The summed E-state index contributed by atoms with van der Waals surface area (Å²) in [6, 6.07) is 3.51. The lowest BCUT2D eigenvalue weighted by Crippen LogP contribution is -2.27. The fourth-order valence-corrected chi connectivity index (χ4v) is 4.71. The van der Waals surface area contributed by atoms with Crippen molar-refractivity contribution in [2.75, 3.05) is 5.32 Å². The molecule has 26 heavy (non-hydrogen) atoms. The average Bonchev–Trinajstić information content (AvgIpc) is 3.18. The molecule has 0 radical (unpaired) electrons. The van der Waals surface area contributed by atoms with Gasteiger partial charge in [-0.25, -0.2) is 0 Å². The number of nitrogens with one attached hydrogen (secondary N) is 1. The van der Waals surface area contributed by atoms with Gasteiger partial charge in [-0.05, 0) is 54.4 Å². The average molecular weight is 372 g/mol. The molecule has 3 rings (SSSR count). The van der Waals surface area contributed by atoms with Crippen LogP contribution in [0.4, 0.5) is 5.00 Å². The number of rotatable bonds is 4. The van der Waals surface area contributed by atoms with Gasteiger partial charge in [0.15, 0.2) is 0 Å². The third-order valence-electron chi connectivity index (χ3n) is 4.92. The summed E-state index contributed by atoms with van der Waals surface area (Å²) in [6.07, 6.45) is 7.29. The molecular formula is C20H24N2O3S. The smallest absolute Gasteiger partial charge is 0.251 e. The predicted molar refractivity (Wildman–Crippen MR) is 104 cm³/mol. The van der Waals surface area contributed by atoms with Crippen molar-refractivity contribution < 1.29 is 14.0 Å². The van der Waals surface area contributed by atoms with Crippen LogP contribution in [0.5, 0.6) is 0 Å². The first-order chi connectivity index (χ1) is 12.3. The summed E-state index contributed by atoms with van der Waals surface area (Å²) in [5.41, 5.74) is 7.30. The zero-order chi connectivity index (χ0) is 18.9. The monoisotopic (exact) mass is 372 g/mol. The number of fused-ring (bicyclic) bond motifs is 1. The fourth-order valence-electron chi connectivity index (χ4n) is 3.37. The summed E-state index contributed by atoms with van der Waals surface area (Å²) in [5.74, 6) is 0.349. The number of nitrogens with two attached hydrogens (primary N) is 1. The van der Waals surface area contributed by atoms with E-state index in [0.29, 0.717) is 22.2 Å². The van der Waals surface area contributed by atoms with Crippen molar-refractivity contribution >= 4 is 34.2 Å². The van der Waals surface area contributed by atoms with Crippen LogP contribution >= 0.6 is 11.3 Å². The molecule has 138 valence electrons. The fraction of sp³-hybridized carbons (Fsp3) is 0.400. The minimum Gasteiger partial charge on any atom is -0.465 e. The van der Waals surface area contributed by atoms with Crippen molar-refractivity contribution in [1.82, 2.24) is 0 Å². The minimum absolute atomic E-state index is 0.212. The number of hydrogen-bond acceptors (Lipinski definition) is 4. The second-order valence-corrected chi connectivity index (χ2v) is 8.82. The predicted octanol–water partition coefficient (Wildman–Crippen LogP) is 4.24. The molecule has 0 saturated heterocycles. The second-order valence-electron chi connectivity index (χ2n) is 7.72. The molecule has 2 aromatic rings. The van der Waals surface area contributed by atoms with E-state index in [-0.39, 0.29) is 11.3 Å². The summed E-state index contributed by atoms with van der Waals surface area (Å²) in [4.78, 5) is 25.4. The standard InChI is InChI=1S/C20H24N2O3S/c1-20(2,3)12-6-8-14-15(11-12)26-19(17(14)18(21)24)22-16(23)9-7-13-5-4-10-25-13/h4-5,7,9-10,12H,6,8,11H2,1-3H3,(H2,21,24)(H,22,23). The summed E-state index contributed by atoms with van der Waals surface area (Å²) in [7, 11) is 0. The van der Waals surface area contributed by atoms with Gasteiger partial charge in [-0.2, -0.15) is 0 Å². The first-order valence-electron chi connectivity index (χ1n) is 8.72. The molecule has 3 N–H and O–H groups in total. The Kier molecular flexibility index (Phi) is 5.05. The topological polar surface area (TPSA) is 85.3 Å². The molecule has 5 nitrogen and oxygen atoms in total. The van der Waals surface area contributed by atoms with Gasteiger partial charge in [0, 0.05) is 11.0 Å². The molecule has 1 aliphatic rings. The van der Waals surface area contributed by atoms with Gasteiger partial charge in [0.2, 0.25) is 5.91 Å². The lowest BCUT2D eigenvalue weighted by atomic mass is 9.72. The van der Waals surface area contributed by atoms with Crippen molar-refractivity contribution in [1.29, 1.82) is 0 Å². The van der Waals surface area contributed by atoms with Crippen LogP contribution in [0.15, 0.2) is 28.9 Å². The second kappa shape index (κ2) is 7.11.